The van der Waals surface area contributed by atoms with E-state index in [0.29, 0.717) is 12.1 Å². The molecule has 0 aromatic rings. The highest BCUT2D eigenvalue weighted by Crippen LogP contribution is 2.20. The second-order valence-electron chi connectivity index (χ2n) is 6.39. The molecule has 0 radical (unpaired) electrons. The van der Waals surface area contributed by atoms with Crippen molar-refractivity contribution in [2.75, 3.05) is 39.8 Å². The first-order valence-electron chi connectivity index (χ1n) is 7.66. The Morgan fingerprint density at radius 1 is 1.16 bits per heavy atom. The third-order valence-electron chi connectivity index (χ3n) is 4.63. The van der Waals surface area contributed by atoms with Gasteiger partial charge < -0.3 is 10.5 Å². The molecule has 2 atom stereocenters. The van der Waals surface area contributed by atoms with Crippen LogP contribution < -0.4 is 5.73 Å². The summed E-state index contributed by atoms with van der Waals surface area (Å²) in [5, 5.41) is 0. The normalized spacial score (nSPS) is 22.4. The van der Waals surface area contributed by atoms with Gasteiger partial charge in [-0.15, -0.1) is 0 Å². The molecule has 1 saturated heterocycles. The van der Waals surface area contributed by atoms with Crippen molar-refractivity contribution >= 4 is 0 Å². The van der Waals surface area contributed by atoms with E-state index < -0.39 is 0 Å². The number of methoxy groups -OCH3 is 1. The molecular formula is C15H33N3O. The maximum absolute atomic E-state index is 5.98. The van der Waals surface area contributed by atoms with Crippen molar-refractivity contribution in [1.29, 1.82) is 0 Å². The van der Waals surface area contributed by atoms with Crippen molar-refractivity contribution in [3.63, 3.8) is 0 Å². The van der Waals surface area contributed by atoms with E-state index in [4.69, 9.17) is 10.5 Å². The van der Waals surface area contributed by atoms with E-state index >= 15 is 0 Å². The molecule has 1 fully saturated rings. The summed E-state index contributed by atoms with van der Waals surface area (Å²) in [7, 11) is 1.79. The maximum Gasteiger partial charge on any atom is 0.0638 e. The third-order valence-corrected chi connectivity index (χ3v) is 4.63. The minimum atomic E-state index is -0.0854. The molecule has 0 aromatic heterocycles. The Labute approximate surface area is 119 Å². The van der Waals surface area contributed by atoms with Gasteiger partial charge in [-0.3, -0.25) is 9.80 Å². The van der Waals surface area contributed by atoms with Crippen molar-refractivity contribution in [3.8, 4) is 0 Å². The van der Waals surface area contributed by atoms with Crippen LogP contribution in [0.15, 0.2) is 0 Å². The molecule has 0 aliphatic carbocycles. The molecule has 0 bridgehead atoms. The molecular weight excluding hydrogens is 238 g/mol. The van der Waals surface area contributed by atoms with Gasteiger partial charge in [0, 0.05) is 51.9 Å². The Balaban J connectivity index is 2.48. The zero-order chi connectivity index (χ0) is 14.5. The fraction of sp³-hybridized carbons (Fsp3) is 1.00. The summed E-state index contributed by atoms with van der Waals surface area (Å²) in [5.74, 6) is 0. The van der Waals surface area contributed by atoms with Gasteiger partial charge in [0.25, 0.3) is 0 Å². The van der Waals surface area contributed by atoms with E-state index in [9.17, 15) is 0 Å². The van der Waals surface area contributed by atoms with Crippen LogP contribution in [-0.2, 0) is 4.74 Å². The van der Waals surface area contributed by atoms with Crippen LogP contribution in [0.4, 0.5) is 0 Å². The molecule has 4 heteroatoms. The van der Waals surface area contributed by atoms with Crippen LogP contribution in [0.5, 0.6) is 0 Å². The topological polar surface area (TPSA) is 41.7 Å². The molecule has 0 saturated carbocycles. The lowest BCUT2D eigenvalue weighted by molar-refractivity contribution is -0.0169. The van der Waals surface area contributed by atoms with E-state index in [2.05, 4.69) is 37.5 Å². The van der Waals surface area contributed by atoms with Crippen LogP contribution in [0.2, 0.25) is 0 Å². The fourth-order valence-electron chi connectivity index (χ4n) is 2.81. The zero-order valence-corrected chi connectivity index (χ0v) is 13.5. The molecule has 2 unspecified atom stereocenters. The van der Waals surface area contributed by atoms with E-state index in [1.807, 2.05) is 0 Å². The summed E-state index contributed by atoms with van der Waals surface area (Å²) in [6, 6.07) is 1.14. The SMILES string of the molecule is CCC(C)N1CCN(C(CN)CC(C)(C)OC)CC1. The molecule has 1 aliphatic rings. The summed E-state index contributed by atoms with van der Waals surface area (Å²) < 4.78 is 5.54. The first kappa shape index (κ1) is 16.9. The predicted octanol–water partition coefficient (Wildman–Crippen LogP) is 1.54. The van der Waals surface area contributed by atoms with Crippen LogP contribution in [0.3, 0.4) is 0 Å². The molecule has 0 amide bonds. The molecule has 19 heavy (non-hydrogen) atoms. The maximum atomic E-state index is 5.98. The highest BCUT2D eigenvalue weighted by Gasteiger charge is 2.29. The molecule has 2 N–H and O–H groups in total. The van der Waals surface area contributed by atoms with Crippen molar-refractivity contribution in [2.24, 2.45) is 5.73 Å². The van der Waals surface area contributed by atoms with Gasteiger partial charge >= 0.3 is 0 Å². The second kappa shape index (κ2) is 7.58. The Bertz CT molecular complexity index is 250. The Kier molecular flexibility index (Phi) is 6.74. The highest BCUT2D eigenvalue weighted by atomic mass is 16.5. The van der Waals surface area contributed by atoms with Crippen molar-refractivity contribution in [1.82, 2.24) is 9.80 Å². The van der Waals surface area contributed by atoms with Gasteiger partial charge in [-0.05, 0) is 33.6 Å². The number of piperazine rings is 1. The van der Waals surface area contributed by atoms with Crippen molar-refractivity contribution in [3.05, 3.63) is 0 Å². The largest absolute Gasteiger partial charge is 0.379 e. The smallest absolute Gasteiger partial charge is 0.0638 e. The number of rotatable bonds is 7. The van der Waals surface area contributed by atoms with E-state index in [0.717, 1.165) is 26.1 Å². The average molecular weight is 271 g/mol. The van der Waals surface area contributed by atoms with Crippen LogP contribution >= 0.6 is 0 Å². The van der Waals surface area contributed by atoms with Crippen molar-refractivity contribution < 1.29 is 4.74 Å². The lowest BCUT2D eigenvalue weighted by Gasteiger charge is -2.42. The van der Waals surface area contributed by atoms with Gasteiger partial charge in [0.15, 0.2) is 0 Å². The van der Waals surface area contributed by atoms with E-state index in [-0.39, 0.29) is 5.60 Å². The molecule has 0 aromatic carbocycles. The van der Waals surface area contributed by atoms with E-state index in [1.54, 1.807) is 7.11 Å². The Morgan fingerprint density at radius 3 is 2.11 bits per heavy atom. The van der Waals surface area contributed by atoms with Gasteiger partial charge in [0.1, 0.15) is 0 Å². The standard InChI is InChI=1S/C15H33N3O/c1-6-13(2)17-7-9-18(10-8-17)14(12-16)11-15(3,4)19-5/h13-14H,6-12,16H2,1-5H3. The summed E-state index contributed by atoms with van der Waals surface area (Å²) in [4.78, 5) is 5.13. The van der Waals surface area contributed by atoms with Crippen LogP contribution in [-0.4, -0.2) is 67.3 Å². The molecule has 1 heterocycles. The highest BCUT2D eigenvalue weighted by molar-refractivity contribution is 4.85. The number of hydrogen-bond acceptors (Lipinski definition) is 4. The first-order chi connectivity index (χ1) is 8.93. The van der Waals surface area contributed by atoms with Crippen molar-refractivity contribution in [2.45, 2.75) is 58.2 Å². The monoisotopic (exact) mass is 271 g/mol. The molecule has 0 spiro atoms. The van der Waals surface area contributed by atoms with Gasteiger partial charge in [-0.25, -0.2) is 0 Å². The molecule has 1 rings (SSSR count). The van der Waals surface area contributed by atoms with Gasteiger partial charge in [0.05, 0.1) is 5.60 Å². The zero-order valence-electron chi connectivity index (χ0n) is 13.5. The lowest BCUT2D eigenvalue weighted by atomic mass is 9.97. The van der Waals surface area contributed by atoms with Crippen LogP contribution in [0.25, 0.3) is 0 Å². The number of nitrogens with two attached hydrogens (primary N) is 1. The van der Waals surface area contributed by atoms with E-state index in [1.165, 1.54) is 19.5 Å². The minimum absolute atomic E-state index is 0.0854. The minimum Gasteiger partial charge on any atom is -0.379 e. The number of nitrogens with zero attached hydrogens (tertiary/aromatic N) is 2. The third kappa shape index (κ3) is 5.03. The Hall–Kier alpha value is -0.160. The summed E-state index contributed by atoms with van der Waals surface area (Å²) in [6.07, 6.45) is 2.24. The summed E-state index contributed by atoms with van der Waals surface area (Å²) >= 11 is 0. The Morgan fingerprint density at radius 2 is 1.68 bits per heavy atom. The van der Waals surface area contributed by atoms with Gasteiger partial charge in [-0.1, -0.05) is 6.92 Å². The van der Waals surface area contributed by atoms with Gasteiger partial charge in [0.2, 0.25) is 0 Å². The second-order valence-corrected chi connectivity index (χ2v) is 6.39. The number of ether oxygens (including phenoxy) is 1. The molecule has 114 valence electrons. The summed E-state index contributed by atoms with van der Waals surface area (Å²) in [6.45, 7) is 14.2. The van der Waals surface area contributed by atoms with Gasteiger partial charge in [-0.2, -0.15) is 0 Å². The quantitative estimate of drug-likeness (QED) is 0.763. The average Bonchev–Trinajstić information content (AvgIpc) is 2.44. The van der Waals surface area contributed by atoms with Crippen LogP contribution in [0.1, 0.15) is 40.5 Å². The summed E-state index contributed by atoms with van der Waals surface area (Å²) in [5.41, 5.74) is 5.89. The molecule has 4 nitrogen and oxygen atoms in total. The first-order valence-corrected chi connectivity index (χ1v) is 7.66. The fourth-order valence-corrected chi connectivity index (χ4v) is 2.81. The predicted molar refractivity (Wildman–Crippen MR) is 81.4 cm³/mol. The van der Waals surface area contributed by atoms with Crippen LogP contribution in [0, 0.1) is 0 Å². The number of hydrogen-bond donors (Lipinski definition) is 1. The molecule has 1 aliphatic heterocycles. The lowest BCUT2D eigenvalue weighted by Crippen LogP contribution is -2.55.